The van der Waals surface area contributed by atoms with Crippen molar-refractivity contribution in [3.05, 3.63) is 65.7 Å². The Balaban J connectivity index is 1.77. The maximum atomic E-state index is 5.59. The summed E-state index contributed by atoms with van der Waals surface area (Å²) in [4.78, 5) is 0. The highest BCUT2D eigenvalue weighted by Gasteiger charge is 2.12. The van der Waals surface area contributed by atoms with Gasteiger partial charge in [-0.1, -0.05) is 63.2 Å². The number of hydrogen-bond donors (Lipinski definition) is 1. The van der Waals surface area contributed by atoms with Crippen LogP contribution >= 0.6 is 0 Å². The molecule has 0 aromatic heterocycles. The fraction of sp³-hybridized carbons (Fsp3) is 0.333. The fourth-order valence-electron chi connectivity index (χ4n) is 1.97. The van der Waals surface area contributed by atoms with Crippen molar-refractivity contribution in [1.29, 1.82) is 0 Å². The van der Waals surface area contributed by atoms with Crippen molar-refractivity contribution >= 4 is 0 Å². The Labute approximate surface area is 121 Å². The lowest BCUT2D eigenvalue weighted by Crippen LogP contribution is -2.19. The van der Waals surface area contributed by atoms with E-state index in [1.165, 1.54) is 11.1 Å². The largest absolute Gasteiger partial charge is 0.478 e. The molecule has 0 spiro atoms. The first kappa shape index (κ1) is 14.6. The maximum Gasteiger partial charge on any atom is 0.139 e. The van der Waals surface area contributed by atoms with Gasteiger partial charge in [-0.05, 0) is 28.7 Å². The Morgan fingerprint density at radius 3 is 2.15 bits per heavy atom. The number of para-hydroxylation sites is 1. The first-order valence-corrected chi connectivity index (χ1v) is 7.04. The number of ether oxygens (including phenoxy) is 1. The fourth-order valence-corrected chi connectivity index (χ4v) is 1.97. The van der Waals surface area contributed by atoms with Crippen LogP contribution in [0.2, 0.25) is 0 Å². The number of hydrogen-bond acceptors (Lipinski definition) is 2. The lowest BCUT2D eigenvalue weighted by molar-refractivity contribution is 0.282. The summed E-state index contributed by atoms with van der Waals surface area (Å²) in [6, 6.07) is 18.6. The lowest BCUT2D eigenvalue weighted by Gasteiger charge is -2.19. The number of rotatable bonds is 5. The van der Waals surface area contributed by atoms with Gasteiger partial charge in [0.2, 0.25) is 0 Å². The summed E-state index contributed by atoms with van der Waals surface area (Å²) >= 11 is 0. The molecular weight excluding hydrogens is 246 g/mol. The van der Waals surface area contributed by atoms with Crippen LogP contribution < -0.4 is 10.1 Å². The SMILES string of the molecule is CC(C)(C)c1ccc(CNCOc2ccccc2)cc1. The number of benzene rings is 2. The van der Waals surface area contributed by atoms with Gasteiger partial charge in [-0.15, -0.1) is 0 Å². The van der Waals surface area contributed by atoms with Crippen LogP contribution in [-0.2, 0) is 12.0 Å². The van der Waals surface area contributed by atoms with Crippen molar-refractivity contribution in [1.82, 2.24) is 5.32 Å². The molecule has 20 heavy (non-hydrogen) atoms. The van der Waals surface area contributed by atoms with E-state index in [0.717, 1.165) is 12.3 Å². The summed E-state index contributed by atoms with van der Waals surface area (Å²) in [6.45, 7) is 8.03. The summed E-state index contributed by atoms with van der Waals surface area (Å²) in [7, 11) is 0. The molecule has 0 radical (unpaired) electrons. The molecule has 2 aromatic carbocycles. The molecule has 0 atom stereocenters. The Bertz CT molecular complexity index is 511. The van der Waals surface area contributed by atoms with E-state index < -0.39 is 0 Å². The van der Waals surface area contributed by atoms with Gasteiger partial charge >= 0.3 is 0 Å². The Kier molecular flexibility index (Phi) is 4.80. The summed E-state index contributed by atoms with van der Waals surface area (Å²) < 4.78 is 5.59. The van der Waals surface area contributed by atoms with Crippen LogP contribution in [0.25, 0.3) is 0 Å². The molecule has 0 aliphatic rings. The van der Waals surface area contributed by atoms with Crippen molar-refractivity contribution in [2.45, 2.75) is 32.7 Å². The third kappa shape index (κ3) is 4.39. The standard InChI is InChI=1S/C18H23NO/c1-18(2,3)16-11-9-15(10-12-16)13-19-14-20-17-7-5-4-6-8-17/h4-12,19H,13-14H2,1-3H3. The minimum Gasteiger partial charge on any atom is -0.478 e. The Morgan fingerprint density at radius 1 is 0.900 bits per heavy atom. The van der Waals surface area contributed by atoms with Crippen LogP contribution in [0.1, 0.15) is 31.9 Å². The molecule has 0 aliphatic heterocycles. The predicted molar refractivity (Wildman–Crippen MR) is 83.9 cm³/mol. The summed E-state index contributed by atoms with van der Waals surface area (Å²) in [6.07, 6.45) is 0. The van der Waals surface area contributed by atoms with Crippen molar-refractivity contribution in [2.24, 2.45) is 0 Å². The molecule has 2 aromatic rings. The molecule has 0 fully saturated rings. The van der Waals surface area contributed by atoms with Gasteiger partial charge in [-0.25, -0.2) is 0 Å². The van der Waals surface area contributed by atoms with E-state index in [0.29, 0.717) is 6.73 Å². The van der Waals surface area contributed by atoms with Gasteiger partial charge in [0.05, 0.1) is 0 Å². The quantitative estimate of drug-likeness (QED) is 0.651. The van der Waals surface area contributed by atoms with Crippen LogP contribution in [0.15, 0.2) is 54.6 Å². The average Bonchev–Trinajstić information content (AvgIpc) is 2.44. The van der Waals surface area contributed by atoms with E-state index >= 15 is 0 Å². The molecule has 2 rings (SSSR count). The third-order valence-electron chi connectivity index (χ3n) is 3.23. The molecular formula is C18H23NO. The van der Waals surface area contributed by atoms with Crippen LogP contribution in [0.3, 0.4) is 0 Å². The molecule has 0 bridgehead atoms. The molecule has 0 amide bonds. The topological polar surface area (TPSA) is 21.3 Å². The molecule has 0 heterocycles. The lowest BCUT2D eigenvalue weighted by atomic mass is 9.87. The van der Waals surface area contributed by atoms with E-state index in [9.17, 15) is 0 Å². The molecule has 0 saturated carbocycles. The number of nitrogens with one attached hydrogen (secondary N) is 1. The summed E-state index contributed by atoms with van der Waals surface area (Å²) in [5.41, 5.74) is 2.85. The highest BCUT2D eigenvalue weighted by molar-refractivity contribution is 5.27. The van der Waals surface area contributed by atoms with E-state index in [1.54, 1.807) is 0 Å². The van der Waals surface area contributed by atoms with Gasteiger partial charge in [-0.3, -0.25) is 5.32 Å². The highest BCUT2D eigenvalue weighted by atomic mass is 16.5. The zero-order valence-corrected chi connectivity index (χ0v) is 12.5. The van der Waals surface area contributed by atoms with Crippen molar-refractivity contribution in [2.75, 3.05) is 6.73 Å². The monoisotopic (exact) mass is 269 g/mol. The normalized spacial score (nSPS) is 11.3. The molecule has 2 heteroatoms. The van der Waals surface area contributed by atoms with Gasteiger partial charge in [0.25, 0.3) is 0 Å². The van der Waals surface area contributed by atoms with Gasteiger partial charge in [0, 0.05) is 6.54 Å². The van der Waals surface area contributed by atoms with E-state index in [-0.39, 0.29) is 5.41 Å². The van der Waals surface area contributed by atoms with Crippen LogP contribution in [0.5, 0.6) is 5.75 Å². The maximum absolute atomic E-state index is 5.59. The molecule has 2 nitrogen and oxygen atoms in total. The van der Waals surface area contributed by atoms with Gasteiger partial charge in [0.15, 0.2) is 0 Å². The van der Waals surface area contributed by atoms with Crippen molar-refractivity contribution in [3.63, 3.8) is 0 Å². The van der Waals surface area contributed by atoms with Gasteiger partial charge in [-0.2, -0.15) is 0 Å². The van der Waals surface area contributed by atoms with E-state index in [2.05, 4.69) is 50.4 Å². The predicted octanol–water partition coefficient (Wildman–Crippen LogP) is 4.11. The zero-order valence-electron chi connectivity index (χ0n) is 12.5. The smallest absolute Gasteiger partial charge is 0.139 e. The van der Waals surface area contributed by atoms with Crippen LogP contribution in [0.4, 0.5) is 0 Å². The van der Waals surface area contributed by atoms with Crippen LogP contribution in [0, 0.1) is 0 Å². The zero-order chi connectivity index (χ0) is 14.4. The van der Waals surface area contributed by atoms with Gasteiger partial charge < -0.3 is 4.74 Å². The van der Waals surface area contributed by atoms with E-state index in [4.69, 9.17) is 4.74 Å². The highest BCUT2D eigenvalue weighted by Crippen LogP contribution is 2.22. The van der Waals surface area contributed by atoms with Gasteiger partial charge in [0.1, 0.15) is 12.5 Å². The minimum atomic E-state index is 0.211. The average molecular weight is 269 g/mol. The molecule has 0 saturated heterocycles. The first-order valence-electron chi connectivity index (χ1n) is 7.04. The Morgan fingerprint density at radius 2 is 1.55 bits per heavy atom. The van der Waals surface area contributed by atoms with Crippen molar-refractivity contribution < 1.29 is 4.74 Å². The second-order valence-corrected chi connectivity index (χ2v) is 5.98. The third-order valence-corrected chi connectivity index (χ3v) is 3.23. The second-order valence-electron chi connectivity index (χ2n) is 5.98. The molecule has 106 valence electrons. The van der Waals surface area contributed by atoms with Crippen molar-refractivity contribution in [3.8, 4) is 5.75 Å². The Hall–Kier alpha value is -1.80. The molecule has 0 aliphatic carbocycles. The summed E-state index contributed by atoms with van der Waals surface area (Å²) in [5, 5.41) is 3.29. The molecule has 1 N–H and O–H groups in total. The van der Waals surface area contributed by atoms with Crippen LogP contribution in [-0.4, -0.2) is 6.73 Å². The second kappa shape index (κ2) is 6.58. The van der Waals surface area contributed by atoms with E-state index in [1.807, 2.05) is 30.3 Å². The first-order chi connectivity index (χ1) is 9.55. The molecule has 0 unspecified atom stereocenters. The minimum absolute atomic E-state index is 0.211. The summed E-state index contributed by atoms with van der Waals surface area (Å²) in [5.74, 6) is 0.892.